The van der Waals surface area contributed by atoms with Gasteiger partial charge < -0.3 is 9.47 Å². The van der Waals surface area contributed by atoms with Crippen LogP contribution in [-0.2, 0) is 9.59 Å². The summed E-state index contributed by atoms with van der Waals surface area (Å²) < 4.78 is 10.9. The molecule has 0 spiro atoms. The minimum atomic E-state index is -0.959. The van der Waals surface area contributed by atoms with Crippen molar-refractivity contribution in [3.63, 3.8) is 0 Å². The van der Waals surface area contributed by atoms with E-state index in [4.69, 9.17) is 15.9 Å². The van der Waals surface area contributed by atoms with Gasteiger partial charge in [0.2, 0.25) is 0 Å². The Hall–Kier alpha value is -4.65. The van der Waals surface area contributed by atoms with Crippen molar-refractivity contribution in [2.75, 3.05) is 18.1 Å². The number of nitrogens with one attached hydrogen (secondary N) is 1. The molecule has 0 bridgehead atoms. The number of hydrogen-bond acceptors (Lipinski definition) is 7. The van der Waals surface area contributed by atoms with Crippen molar-refractivity contribution in [2.45, 2.75) is 6.92 Å². The third kappa shape index (κ3) is 4.57. The Morgan fingerprint density at radius 2 is 1.84 bits per heavy atom. The second kappa shape index (κ2) is 9.44. The average molecular weight is 435 g/mol. The van der Waals surface area contributed by atoms with Crippen LogP contribution in [0.15, 0.2) is 48.0 Å². The first-order chi connectivity index (χ1) is 15.3. The van der Waals surface area contributed by atoms with E-state index in [0.29, 0.717) is 23.7 Å². The number of terminal acetylenes is 1. The van der Waals surface area contributed by atoms with Gasteiger partial charge >= 0.3 is 6.03 Å². The number of carbonyl (C=O) groups is 3. The van der Waals surface area contributed by atoms with E-state index in [1.165, 1.54) is 18.2 Å². The number of nitro groups is 1. The number of urea groups is 1. The fourth-order valence-electron chi connectivity index (χ4n) is 2.90. The first kappa shape index (κ1) is 22.0. The molecule has 4 amide bonds. The molecular formula is C22H17N3O7. The molecule has 0 aromatic heterocycles. The van der Waals surface area contributed by atoms with Gasteiger partial charge in [-0.15, -0.1) is 6.42 Å². The number of hydrogen-bond donors (Lipinski definition) is 1. The number of nitro benzene ring substituents is 1. The van der Waals surface area contributed by atoms with Crippen LogP contribution in [0.2, 0.25) is 0 Å². The quantitative estimate of drug-likeness (QED) is 0.233. The Bertz CT molecular complexity index is 1160. The summed E-state index contributed by atoms with van der Waals surface area (Å²) in [4.78, 5) is 48.5. The molecule has 0 saturated carbocycles. The van der Waals surface area contributed by atoms with Gasteiger partial charge in [-0.25, -0.2) is 9.69 Å². The lowest BCUT2D eigenvalue weighted by Crippen LogP contribution is -2.54. The molecule has 0 atom stereocenters. The minimum Gasteiger partial charge on any atom is -0.490 e. The SMILES string of the molecule is C#CCOc1ccc(/C=C2\C(=O)NC(=O)N(c3ccc([N+](=O)[O-])cc3)C2=O)cc1OCC. The lowest BCUT2D eigenvalue weighted by atomic mass is 10.1. The summed E-state index contributed by atoms with van der Waals surface area (Å²) in [5, 5.41) is 12.9. The summed E-state index contributed by atoms with van der Waals surface area (Å²) in [6.07, 6.45) is 6.51. The van der Waals surface area contributed by atoms with E-state index in [-0.39, 0.29) is 23.6 Å². The number of ether oxygens (including phenoxy) is 2. The van der Waals surface area contributed by atoms with Gasteiger partial charge in [-0.3, -0.25) is 25.0 Å². The Morgan fingerprint density at radius 3 is 2.47 bits per heavy atom. The Morgan fingerprint density at radius 1 is 1.12 bits per heavy atom. The molecule has 0 radical (unpaired) electrons. The number of non-ortho nitro benzene ring substituents is 1. The Labute approximate surface area is 182 Å². The molecule has 1 saturated heterocycles. The van der Waals surface area contributed by atoms with Crippen LogP contribution in [0, 0.1) is 22.5 Å². The molecule has 1 heterocycles. The first-order valence-corrected chi connectivity index (χ1v) is 9.34. The maximum atomic E-state index is 13.0. The van der Waals surface area contributed by atoms with Gasteiger partial charge in [0, 0.05) is 12.1 Å². The molecule has 1 N–H and O–H groups in total. The topological polar surface area (TPSA) is 128 Å². The van der Waals surface area contributed by atoms with E-state index < -0.39 is 22.8 Å². The summed E-state index contributed by atoms with van der Waals surface area (Å²) >= 11 is 0. The number of rotatable bonds is 7. The number of barbiturate groups is 1. The number of nitrogens with zero attached hydrogens (tertiary/aromatic N) is 2. The van der Waals surface area contributed by atoms with Crippen molar-refractivity contribution in [1.82, 2.24) is 5.32 Å². The number of amides is 4. The highest BCUT2D eigenvalue weighted by Crippen LogP contribution is 2.30. The highest BCUT2D eigenvalue weighted by Gasteiger charge is 2.37. The molecule has 1 fully saturated rings. The fourth-order valence-corrected chi connectivity index (χ4v) is 2.90. The predicted octanol–water partition coefficient (Wildman–Crippen LogP) is 2.67. The summed E-state index contributed by atoms with van der Waals surface area (Å²) in [5.41, 5.74) is 0.00583. The van der Waals surface area contributed by atoms with E-state index in [1.54, 1.807) is 25.1 Å². The zero-order valence-electron chi connectivity index (χ0n) is 16.9. The molecule has 0 unspecified atom stereocenters. The van der Waals surface area contributed by atoms with Crippen molar-refractivity contribution in [3.05, 3.63) is 63.7 Å². The summed E-state index contributed by atoms with van der Waals surface area (Å²) in [5.74, 6) is 1.36. The molecule has 3 rings (SSSR count). The van der Waals surface area contributed by atoms with Crippen molar-refractivity contribution < 1.29 is 28.8 Å². The minimum absolute atomic E-state index is 0.0354. The van der Waals surface area contributed by atoms with E-state index in [9.17, 15) is 24.5 Å². The van der Waals surface area contributed by atoms with Gasteiger partial charge in [0.25, 0.3) is 17.5 Å². The number of anilines is 1. The van der Waals surface area contributed by atoms with E-state index >= 15 is 0 Å². The summed E-state index contributed by atoms with van der Waals surface area (Å²) in [7, 11) is 0. The average Bonchev–Trinajstić information content (AvgIpc) is 2.76. The summed E-state index contributed by atoms with van der Waals surface area (Å²) in [6, 6.07) is 8.57. The molecule has 0 aliphatic carbocycles. The zero-order chi connectivity index (χ0) is 23.3. The third-order valence-electron chi connectivity index (χ3n) is 4.31. The van der Waals surface area contributed by atoms with E-state index in [0.717, 1.165) is 17.0 Å². The van der Waals surface area contributed by atoms with Crippen molar-refractivity contribution in [1.29, 1.82) is 0 Å². The van der Waals surface area contributed by atoms with Gasteiger partial charge in [0.05, 0.1) is 17.2 Å². The van der Waals surface area contributed by atoms with Crippen LogP contribution in [0.4, 0.5) is 16.2 Å². The highest BCUT2D eigenvalue weighted by atomic mass is 16.6. The highest BCUT2D eigenvalue weighted by molar-refractivity contribution is 6.39. The lowest BCUT2D eigenvalue weighted by molar-refractivity contribution is -0.384. The second-order valence-electron chi connectivity index (χ2n) is 6.36. The van der Waals surface area contributed by atoms with Crippen molar-refractivity contribution >= 4 is 35.3 Å². The van der Waals surface area contributed by atoms with Crippen LogP contribution in [0.3, 0.4) is 0 Å². The molecule has 32 heavy (non-hydrogen) atoms. The fraction of sp³-hybridized carbons (Fsp3) is 0.136. The predicted molar refractivity (Wildman–Crippen MR) is 114 cm³/mol. The molecule has 1 aliphatic heterocycles. The largest absolute Gasteiger partial charge is 0.490 e. The van der Waals surface area contributed by atoms with Gasteiger partial charge in [-0.05, 0) is 42.8 Å². The van der Waals surface area contributed by atoms with Crippen LogP contribution in [0.5, 0.6) is 11.5 Å². The third-order valence-corrected chi connectivity index (χ3v) is 4.31. The molecule has 162 valence electrons. The monoisotopic (exact) mass is 435 g/mol. The van der Waals surface area contributed by atoms with Gasteiger partial charge in [-0.2, -0.15) is 0 Å². The molecule has 2 aromatic rings. The van der Waals surface area contributed by atoms with Crippen molar-refractivity contribution in [2.24, 2.45) is 0 Å². The number of benzene rings is 2. The smallest absolute Gasteiger partial charge is 0.335 e. The Balaban J connectivity index is 1.96. The maximum absolute atomic E-state index is 13.0. The number of carbonyl (C=O) groups excluding carboxylic acids is 3. The molecule has 10 nitrogen and oxygen atoms in total. The van der Waals surface area contributed by atoms with Gasteiger partial charge in [0.15, 0.2) is 11.5 Å². The normalized spacial score (nSPS) is 14.7. The van der Waals surface area contributed by atoms with Crippen molar-refractivity contribution in [3.8, 4) is 23.8 Å². The second-order valence-corrected chi connectivity index (χ2v) is 6.36. The van der Waals surface area contributed by atoms with Gasteiger partial charge in [-0.1, -0.05) is 12.0 Å². The maximum Gasteiger partial charge on any atom is 0.335 e. The van der Waals surface area contributed by atoms with Crippen LogP contribution in [0.1, 0.15) is 12.5 Å². The first-order valence-electron chi connectivity index (χ1n) is 9.34. The van der Waals surface area contributed by atoms with Crippen LogP contribution >= 0.6 is 0 Å². The molecule has 2 aromatic carbocycles. The van der Waals surface area contributed by atoms with E-state index in [2.05, 4.69) is 11.2 Å². The Kier molecular flexibility index (Phi) is 6.50. The zero-order valence-corrected chi connectivity index (χ0v) is 16.9. The molecule has 1 aliphatic rings. The van der Waals surface area contributed by atoms with Gasteiger partial charge in [0.1, 0.15) is 12.2 Å². The van der Waals surface area contributed by atoms with Crippen LogP contribution in [0.25, 0.3) is 6.08 Å². The standard InChI is InChI=1S/C22H17N3O7/c1-3-11-32-18-10-5-14(13-19(18)31-4-2)12-17-20(26)23-22(28)24(21(17)27)15-6-8-16(9-7-15)25(29)30/h1,5-10,12-13H,4,11H2,2H3,(H,23,26,28)/b17-12+. The number of imide groups is 2. The van der Waals surface area contributed by atoms with Crippen LogP contribution < -0.4 is 19.7 Å². The molecule has 10 heteroatoms. The lowest BCUT2D eigenvalue weighted by Gasteiger charge is -2.26. The van der Waals surface area contributed by atoms with Crippen LogP contribution in [-0.4, -0.2) is 36.0 Å². The van der Waals surface area contributed by atoms with E-state index in [1.807, 2.05) is 0 Å². The molecular weight excluding hydrogens is 418 g/mol. The summed E-state index contributed by atoms with van der Waals surface area (Å²) in [6.45, 7) is 2.16.